The number of rotatable bonds is 4. The number of ether oxygens (including phenoxy) is 1. The molecule has 0 unspecified atom stereocenters. The summed E-state index contributed by atoms with van der Waals surface area (Å²) in [5.41, 5.74) is 2.55. The molecule has 0 spiro atoms. The highest BCUT2D eigenvalue weighted by molar-refractivity contribution is 5.94. The van der Waals surface area contributed by atoms with Crippen molar-refractivity contribution in [3.8, 4) is 5.75 Å². The molecule has 1 fully saturated rings. The van der Waals surface area contributed by atoms with Gasteiger partial charge in [0.2, 0.25) is 0 Å². The van der Waals surface area contributed by atoms with Crippen LogP contribution in [-0.4, -0.2) is 28.7 Å². The first-order valence-electron chi connectivity index (χ1n) is 8.96. The molecule has 6 nitrogen and oxygen atoms in total. The molecule has 1 aromatic carbocycles. The number of benzene rings is 1. The monoisotopic (exact) mass is 354 g/mol. The lowest BCUT2D eigenvalue weighted by Gasteiger charge is -2.38. The standard InChI is InChI=1S/C20H22N2O4/c1-11-2-4-16(19(24)21-11)20(25)22-18(14-9-15(23)10-14)13-3-5-17-12(8-13)6-7-26-17/h2-5,8,14-15,18,23H,6-7,9-10H2,1H3,(H,21,24)(H,22,25)/t14?,15?,18-/m0/s1. The van der Waals surface area contributed by atoms with E-state index in [2.05, 4.69) is 16.4 Å². The van der Waals surface area contributed by atoms with Gasteiger partial charge in [0.15, 0.2) is 0 Å². The number of aliphatic hydroxyl groups excluding tert-OH is 1. The third-order valence-corrected chi connectivity index (χ3v) is 5.28. The first kappa shape index (κ1) is 16.8. The van der Waals surface area contributed by atoms with E-state index < -0.39 is 11.5 Å². The van der Waals surface area contributed by atoms with Crippen LogP contribution in [0, 0.1) is 12.8 Å². The number of amides is 1. The van der Waals surface area contributed by atoms with E-state index in [0.29, 0.717) is 25.1 Å². The number of hydrogen-bond acceptors (Lipinski definition) is 4. The third-order valence-electron chi connectivity index (χ3n) is 5.28. The van der Waals surface area contributed by atoms with Gasteiger partial charge < -0.3 is 20.1 Å². The summed E-state index contributed by atoms with van der Waals surface area (Å²) in [6.45, 7) is 2.45. The van der Waals surface area contributed by atoms with E-state index in [-0.39, 0.29) is 23.6 Å². The van der Waals surface area contributed by atoms with Gasteiger partial charge in [0.25, 0.3) is 11.5 Å². The molecular formula is C20H22N2O4. The van der Waals surface area contributed by atoms with Crippen LogP contribution in [0.25, 0.3) is 0 Å². The summed E-state index contributed by atoms with van der Waals surface area (Å²) in [6.07, 6.45) is 1.82. The molecule has 1 aliphatic carbocycles. The highest BCUT2D eigenvalue weighted by Gasteiger charge is 2.36. The summed E-state index contributed by atoms with van der Waals surface area (Å²) in [5, 5.41) is 12.7. The summed E-state index contributed by atoms with van der Waals surface area (Å²) in [6, 6.07) is 8.98. The number of aromatic nitrogens is 1. The van der Waals surface area contributed by atoms with Crippen LogP contribution in [0.4, 0.5) is 0 Å². The van der Waals surface area contributed by atoms with Gasteiger partial charge >= 0.3 is 0 Å². The van der Waals surface area contributed by atoms with E-state index in [1.807, 2.05) is 12.1 Å². The Labute approximate surface area is 151 Å². The normalized spacial score (nSPS) is 22.1. The maximum atomic E-state index is 12.7. The van der Waals surface area contributed by atoms with Crippen LogP contribution < -0.4 is 15.6 Å². The minimum atomic E-state index is -0.394. The molecule has 1 aliphatic heterocycles. The van der Waals surface area contributed by atoms with Gasteiger partial charge in [0.05, 0.1) is 18.8 Å². The molecule has 2 aromatic rings. The molecule has 1 atom stereocenters. The molecule has 1 aromatic heterocycles. The molecule has 1 saturated carbocycles. The zero-order valence-corrected chi connectivity index (χ0v) is 14.6. The van der Waals surface area contributed by atoms with Crippen molar-refractivity contribution in [2.45, 2.75) is 38.3 Å². The lowest BCUT2D eigenvalue weighted by Crippen LogP contribution is -2.42. The van der Waals surface area contributed by atoms with Gasteiger partial charge in [-0.05, 0) is 61.1 Å². The molecule has 26 heavy (non-hydrogen) atoms. The van der Waals surface area contributed by atoms with Gasteiger partial charge in [0.1, 0.15) is 11.3 Å². The van der Waals surface area contributed by atoms with E-state index in [4.69, 9.17) is 4.74 Å². The molecule has 136 valence electrons. The Hall–Kier alpha value is -2.60. The van der Waals surface area contributed by atoms with Crippen LogP contribution in [0.5, 0.6) is 5.75 Å². The minimum Gasteiger partial charge on any atom is -0.493 e. The molecule has 0 saturated heterocycles. The third kappa shape index (κ3) is 3.12. The van der Waals surface area contributed by atoms with Crippen molar-refractivity contribution in [2.24, 2.45) is 5.92 Å². The van der Waals surface area contributed by atoms with Crippen molar-refractivity contribution in [2.75, 3.05) is 6.61 Å². The van der Waals surface area contributed by atoms with Gasteiger partial charge in [-0.2, -0.15) is 0 Å². The van der Waals surface area contributed by atoms with Crippen molar-refractivity contribution in [3.05, 3.63) is 63.1 Å². The van der Waals surface area contributed by atoms with Crippen molar-refractivity contribution < 1.29 is 14.6 Å². The highest BCUT2D eigenvalue weighted by Crippen LogP contribution is 2.39. The number of fused-ring (bicyclic) bond motifs is 1. The average molecular weight is 354 g/mol. The number of hydrogen-bond donors (Lipinski definition) is 3. The first-order valence-corrected chi connectivity index (χ1v) is 8.96. The van der Waals surface area contributed by atoms with Crippen LogP contribution in [0.3, 0.4) is 0 Å². The summed E-state index contributed by atoms with van der Waals surface area (Å²) < 4.78 is 5.56. The Morgan fingerprint density at radius 2 is 2.12 bits per heavy atom. The fraction of sp³-hybridized carbons (Fsp3) is 0.400. The van der Waals surface area contributed by atoms with Crippen LogP contribution in [0.1, 0.15) is 46.1 Å². The summed E-state index contributed by atoms with van der Waals surface area (Å²) in [4.78, 5) is 27.4. The predicted molar refractivity (Wildman–Crippen MR) is 96.4 cm³/mol. The van der Waals surface area contributed by atoms with Crippen molar-refractivity contribution in [3.63, 3.8) is 0 Å². The van der Waals surface area contributed by atoms with Gasteiger partial charge in [0, 0.05) is 12.1 Å². The van der Waals surface area contributed by atoms with Crippen LogP contribution in [0.2, 0.25) is 0 Å². The van der Waals surface area contributed by atoms with E-state index in [1.54, 1.807) is 19.1 Å². The zero-order valence-electron chi connectivity index (χ0n) is 14.6. The van der Waals surface area contributed by atoms with E-state index in [1.165, 1.54) is 0 Å². The van der Waals surface area contributed by atoms with E-state index in [9.17, 15) is 14.7 Å². The molecule has 0 bridgehead atoms. The number of carbonyl (C=O) groups excluding carboxylic acids is 1. The quantitative estimate of drug-likeness (QED) is 0.782. The lowest BCUT2D eigenvalue weighted by atomic mass is 9.74. The average Bonchev–Trinajstić information content (AvgIpc) is 3.04. The molecular weight excluding hydrogens is 332 g/mol. The van der Waals surface area contributed by atoms with E-state index >= 15 is 0 Å². The Balaban J connectivity index is 1.61. The number of aryl methyl sites for hydroxylation is 1. The first-order chi connectivity index (χ1) is 12.5. The lowest BCUT2D eigenvalue weighted by molar-refractivity contribution is 0.0235. The number of aromatic amines is 1. The summed E-state index contributed by atoms with van der Waals surface area (Å²) in [5.74, 6) is 0.649. The molecule has 1 amide bonds. The van der Waals surface area contributed by atoms with Gasteiger partial charge in [-0.3, -0.25) is 9.59 Å². The second-order valence-electron chi connectivity index (χ2n) is 7.19. The second-order valence-corrected chi connectivity index (χ2v) is 7.19. The van der Waals surface area contributed by atoms with E-state index in [0.717, 1.165) is 23.3 Å². The van der Waals surface area contributed by atoms with Crippen LogP contribution >= 0.6 is 0 Å². The van der Waals surface area contributed by atoms with Crippen molar-refractivity contribution >= 4 is 5.91 Å². The Morgan fingerprint density at radius 1 is 1.31 bits per heavy atom. The largest absolute Gasteiger partial charge is 0.493 e. The SMILES string of the molecule is Cc1ccc(C(=O)N[C@@H](c2ccc3c(c2)CCO3)C2CC(O)C2)c(=O)[nH]1. The minimum absolute atomic E-state index is 0.102. The maximum Gasteiger partial charge on any atom is 0.260 e. The highest BCUT2D eigenvalue weighted by atomic mass is 16.5. The number of pyridine rings is 1. The molecule has 3 N–H and O–H groups in total. The van der Waals surface area contributed by atoms with Crippen molar-refractivity contribution in [1.82, 2.24) is 10.3 Å². The van der Waals surface area contributed by atoms with Gasteiger partial charge in [-0.15, -0.1) is 0 Å². The number of aliphatic hydroxyl groups is 1. The van der Waals surface area contributed by atoms with Gasteiger partial charge in [-0.25, -0.2) is 0 Å². The fourth-order valence-electron chi connectivity index (χ4n) is 3.75. The molecule has 0 radical (unpaired) electrons. The topological polar surface area (TPSA) is 91.4 Å². The maximum absolute atomic E-state index is 12.7. The smallest absolute Gasteiger partial charge is 0.260 e. The fourth-order valence-corrected chi connectivity index (χ4v) is 3.75. The number of nitrogens with one attached hydrogen (secondary N) is 2. The van der Waals surface area contributed by atoms with Crippen LogP contribution in [-0.2, 0) is 6.42 Å². The molecule has 2 heterocycles. The van der Waals surface area contributed by atoms with Crippen LogP contribution in [0.15, 0.2) is 35.1 Å². The molecule has 2 aliphatic rings. The molecule has 6 heteroatoms. The number of H-pyrrole nitrogens is 1. The Morgan fingerprint density at radius 3 is 2.85 bits per heavy atom. The van der Waals surface area contributed by atoms with Crippen molar-refractivity contribution in [1.29, 1.82) is 0 Å². The second kappa shape index (κ2) is 6.61. The summed E-state index contributed by atoms with van der Waals surface area (Å²) in [7, 11) is 0. The zero-order chi connectivity index (χ0) is 18.3. The Bertz CT molecular complexity index is 899. The summed E-state index contributed by atoms with van der Waals surface area (Å²) >= 11 is 0. The van der Waals surface area contributed by atoms with Gasteiger partial charge in [-0.1, -0.05) is 6.07 Å². The number of carbonyl (C=O) groups is 1. The Kier molecular flexibility index (Phi) is 4.28. The molecule has 4 rings (SSSR count). The predicted octanol–water partition coefficient (Wildman–Crippen LogP) is 1.86.